The summed E-state index contributed by atoms with van der Waals surface area (Å²) in [6.07, 6.45) is 1.67. The minimum Gasteiger partial charge on any atom is -0.381 e. The number of H-pyrrole nitrogens is 1. The molecule has 1 aliphatic rings. The molecule has 1 N–H and O–H groups in total. The molecule has 1 aromatic heterocycles. The molecule has 7 heteroatoms. The van der Waals surface area contributed by atoms with Gasteiger partial charge in [-0.2, -0.15) is 5.10 Å². The SMILES string of the molecule is CN(C)CCN(C(=O)c1ccc(=O)[nH]n1)C1CCOCC1. The number of nitrogens with one attached hydrogen (secondary N) is 1. The maximum absolute atomic E-state index is 12.7. The summed E-state index contributed by atoms with van der Waals surface area (Å²) in [6.45, 7) is 2.77. The number of aromatic nitrogens is 2. The fourth-order valence-corrected chi connectivity index (χ4v) is 2.37. The van der Waals surface area contributed by atoms with E-state index >= 15 is 0 Å². The minimum absolute atomic E-state index is 0.139. The highest BCUT2D eigenvalue weighted by Crippen LogP contribution is 2.16. The van der Waals surface area contributed by atoms with Crippen molar-refractivity contribution >= 4 is 5.91 Å². The lowest BCUT2D eigenvalue weighted by molar-refractivity contribution is 0.0272. The van der Waals surface area contributed by atoms with E-state index in [0.717, 1.165) is 19.4 Å². The minimum atomic E-state index is -0.308. The van der Waals surface area contributed by atoms with Gasteiger partial charge in [0.05, 0.1) is 0 Å². The van der Waals surface area contributed by atoms with Crippen molar-refractivity contribution in [3.8, 4) is 0 Å². The molecule has 0 unspecified atom stereocenters. The predicted molar refractivity (Wildman–Crippen MR) is 78.3 cm³/mol. The Morgan fingerprint density at radius 1 is 1.33 bits per heavy atom. The average Bonchev–Trinajstić information content (AvgIpc) is 2.49. The molecule has 0 aliphatic carbocycles. The Hall–Kier alpha value is -1.73. The third kappa shape index (κ3) is 4.37. The standard InChI is InChI=1S/C14H22N4O3/c1-17(2)7-8-18(11-5-9-21-10-6-11)14(20)12-3-4-13(19)16-15-12/h3-4,11H,5-10H2,1-2H3,(H,16,19). The first-order valence-corrected chi connectivity index (χ1v) is 7.17. The summed E-state index contributed by atoms with van der Waals surface area (Å²) in [4.78, 5) is 27.6. The van der Waals surface area contributed by atoms with E-state index in [0.29, 0.717) is 19.8 Å². The van der Waals surface area contributed by atoms with Crippen LogP contribution in [0.15, 0.2) is 16.9 Å². The zero-order chi connectivity index (χ0) is 15.2. The van der Waals surface area contributed by atoms with Crippen molar-refractivity contribution in [2.45, 2.75) is 18.9 Å². The van der Waals surface area contributed by atoms with E-state index in [1.807, 2.05) is 23.9 Å². The Labute approximate surface area is 123 Å². The van der Waals surface area contributed by atoms with Crippen LogP contribution in [0.5, 0.6) is 0 Å². The van der Waals surface area contributed by atoms with Crippen LogP contribution in [-0.2, 0) is 4.74 Å². The van der Waals surface area contributed by atoms with E-state index < -0.39 is 0 Å². The van der Waals surface area contributed by atoms with E-state index in [4.69, 9.17) is 4.74 Å². The van der Waals surface area contributed by atoms with Gasteiger partial charge in [0.2, 0.25) is 0 Å². The van der Waals surface area contributed by atoms with Gasteiger partial charge in [-0.05, 0) is 33.0 Å². The van der Waals surface area contributed by atoms with Crippen LogP contribution in [0.4, 0.5) is 0 Å². The van der Waals surface area contributed by atoms with Crippen molar-refractivity contribution in [3.05, 3.63) is 28.2 Å². The van der Waals surface area contributed by atoms with E-state index in [1.54, 1.807) is 0 Å². The number of carbonyl (C=O) groups excluding carboxylic acids is 1. The zero-order valence-corrected chi connectivity index (χ0v) is 12.5. The van der Waals surface area contributed by atoms with Crippen LogP contribution in [0.25, 0.3) is 0 Å². The molecule has 21 heavy (non-hydrogen) atoms. The first-order valence-electron chi connectivity index (χ1n) is 7.17. The van der Waals surface area contributed by atoms with Gasteiger partial charge in [0.25, 0.3) is 11.5 Å². The molecule has 0 spiro atoms. The molecule has 0 aromatic carbocycles. The van der Waals surface area contributed by atoms with E-state index in [1.165, 1.54) is 12.1 Å². The van der Waals surface area contributed by atoms with Crippen molar-refractivity contribution < 1.29 is 9.53 Å². The molecule has 2 heterocycles. The van der Waals surface area contributed by atoms with Crippen molar-refractivity contribution in [3.63, 3.8) is 0 Å². The molecule has 1 saturated heterocycles. The Balaban J connectivity index is 2.14. The first-order chi connectivity index (χ1) is 10.1. The van der Waals surface area contributed by atoms with Crippen molar-refractivity contribution in [1.29, 1.82) is 0 Å². The number of ether oxygens (including phenoxy) is 1. The molecule has 1 amide bonds. The van der Waals surface area contributed by atoms with Gasteiger partial charge < -0.3 is 14.5 Å². The number of likely N-dealkylation sites (N-methyl/N-ethyl adjacent to an activating group) is 1. The van der Waals surface area contributed by atoms with Crippen LogP contribution in [0, 0.1) is 0 Å². The maximum Gasteiger partial charge on any atom is 0.274 e. The number of aromatic amines is 1. The number of rotatable bonds is 5. The monoisotopic (exact) mass is 294 g/mol. The average molecular weight is 294 g/mol. The Kier molecular flexibility index (Phi) is 5.46. The molecule has 1 aliphatic heterocycles. The number of nitrogens with zero attached hydrogens (tertiary/aromatic N) is 3. The summed E-state index contributed by atoms with van der Waals surface area (Å²) < 4.78 is 5.37. The molecular formula is C14H22N4O3. The smallest absolute Gasteiger partial charge is 0.274 e. The summed E-state index contributed by atoms with van der Waals surface area (Å²) in [5.41, 5.74) is -0.0303. The van der Waals surface area contributed by atoms with Gasteiger partial charge in [0.1, 0.15) is 5.69 Å². The molecule has 116 valence electrons. The van der Waals surface area contributed by atoms with Crippen LogP contribution < -0.4 is 5.56 Å². The first kappa shape index (κ1) is 15.7. The molecule has 0 bridgehead atoms. The van der Waals surface area contributed by atoms with Crippen LogP contribution >= 0.6 is 0 Å². The van der Waals surface area contributed by atoms with E-state index in [-0.39, 0.29) is 23.2 Å². The third-order valence-electron chi connectivity index (χ3n) is 3.58. The normalized spacial score (nSPS) is 16.1. The maximum atomic E-state index is 12.7. The van der Waals surface area contributed by atoms with Crippen LogP contribution in [0.3, 0.4) is 0 Å². The number of amides is 1. The van der Waals surface area contributed by atoms with Crippen molar-refractivity contribution in [2.24, 2.45) is 0 Å². The van der Waals surface area contributed by atoms with Gasteiger partial charge in [0.15, 0.2) is 0 Å². The second kappa shape index (κ2) is 7.33. The van der Waals surface area contributed by atoms with Gasteiger partial charge in [-0.25, -0.2) is 5.10 Å². The molecule has 1 fully saturated rings. The van der Waals surface area contributed by atoms with Crippen LogP contribution in [-0.4, -0.2) is 72.3 Å². The lowest BCUT2D eigenvalue weighted by atomic mass is 10.1. The van der Waals surface area contributed by atoms with Crippen LogP contribution in [0.1, 0.15) is 23.3 Å². The second-order valence-corrected chi connectivity index (χ2v) is 5.45. The van der Waals surface area contributed by atoms with Gasteiger partial charge in [-0.3, -0.25) is 9.59 Å². The van der Waals surface area contributed by atoms with E-state index in [2.05, 4.69) is 10.2 Å². The highest BCUT2D eigenvalue weighted by atomic mass is 16.5. The van der Waals surface area contributed by atoms with Gasteiger partial charge in [0, 0.05) is 38.4 Å². The quantitative estimate of drug-likeness (QED) is 0.824. The molecular weight excluding hydrogens is 272 g/mol. The molecule has 1 aromatic rings. The summed E-state index contributed by atoms with van der Waals surface area (Å²) in [5, 5.41) is 6.16. The topological polar surface area (TPSA) is 78.5 Å². The highest BCUT2D eigenvalue weighted by Gasteiger charge is 2.27. The number of carbonyl (C=O) groups is 1. The Morgan fingerprint density at radius 3 is 2.62 bits per heavy atom. The fraction of sp³-hybridized carbons (Fsp3) is 0.643. The summed E-state index contributed by atoms with van der Waals surface area (Å²) >= 11 is 0. The van der Waals surface area contributed by atoms with Gasteiger partial charge >= 0.3 is 0 Å². The summed E-state index contributed by atoms with van der Waals surface area (Å²) in [6, 6.07) is 2.97. The van der Waals surface area contributed by atoms with Crippen molar-refractivity contribution in [2.75, 3.05) is 40.4 Å². The van der Waals surface area contributed by atoms with E-state index in [9.17, 15) is 9.59 Å². The van der Waals surface area contributed by atoms with Crippen LogP contribution in [0.2, 0.25) is 0 Å². The third-order valence-corrected chi connectivity index (χ3v) is 3.58. The molecule has 7 nitrogen and oxygen atoms in total. The Morgan fingerprint density at radius 2 is 2.05 bits per heavy atom. The predicted octanol–water partition coefficient (Wildman–Crippen LogP) is -0.0473. The van der Waals surface area contributed by atoms with Gasteiger partial charge in [-0.1, -0.05) is 0 Å². The van der Waals surface area contributed by atoms with Crippen molar-refractivity contribution in [1.82, 2.24) is 20.0 Å². The molecule has 0 saturated carbocycles. The zero-order valence-electron chi connectivity index (χ0n) is 12.5. The number of hydrogen-bond donors (Lipinski definition) is 1. The lowest BCUT2D eigenvalue weighted by Crippen LogP contribution is -2.46. The summed E-state index contributed by atoms with van der Waals surface area (Å²) in [5.74, 6) is -0.139. The summed E-state index contributed by atoms with van der Waals surface area (Å²) in [7, 11) is 3.95. The lowest BCUT2D eigenvalue weighted by Gasteiger charge is -2.34. The highest BCUT2D eigenvalue weighted by molar-refractivity contribution is 5.92. The van der Waals surface area contributed by atoms with Gasteiger partial charge in [-0.15, -0.1) is 0 Å². The second-order valence-electron chi connectivity index (χ2n) is 5.45. The molecule has 0 atom stereocenters. The largest absolute Gasteiger partial charge is 0.381 e. The Bertz CT molecular complexity index is 503. The number of hydrogen-bond acceptors (Lipinski definition) is 5. The molecule has 2 rings (SSSR count). The molecule has 0 radical (unpaired) electrons. The fourth-order valence-electron chi connectivity index (χ4n) is 2.37.